The Morgan fingerprint density at radius 3 is 2.62 bits per heavy atom. The lowest BCUT2D eigenvalue weighted by Gasteiger charge is -2.39. The molecule has 29 heavy (non-hydrogen) atoms. The van der Waals surface area contributed by atoms with Crippen LogP contribution in [0.4, 0.5) is 0 Å². The number of carbonyl (C=O) groups is 1. The predicted molar refractivity (Wildman–Crippen MR) is 109 cm³/mol. The quantitative estimate of drug-likeness (QED) is 0.613. The average Bonchev–Trinajstić information content (AvgIpc) is 3.16. The van der Waals surface area contributed by atoms with E-state index in [1.54, 1.807) is 7.11 Å². The van der Waals surface area contributed by atoms with Gasteiger partial charge in [-0.3, -0.25) is 4.79 Å². The summed E-state index contributed by atoms with van der Waals surface area (Å²) >= 11 is 0. The van der Waals surface area contributed by atoms with Gasteiger partial charge in [-0.2, -0.15) is 4.98 Å². The number of aromatic nitrogens is 2. The third kappa shape index (κ3) is 4.01. The molecule has 0 radical (unpaired) electrons. The molecule has 0 N–H and O–H groups in total. The van der Waals surface area contributed by atoms with Crippen molar-refractivity contribution in [3.05, 3.63) is 77.4 Å². The Hall–Kier alpha value is -3.15. The summed E-state index contributed by atoms with van der Waals surface area (Å²) in [4.78, 5) is 19.3. The lowest BCUT2D eigenvalue weighted by atomic mass is 9.91. The molecule has 0 bridgehead atoms. The summed E-state index contributed by atoms with van der Waals surface area (Å²) in [6, 6.07) is 17.8. The van der Waals surface area contributed by atoms with Crippen molar-refractivity contribution in [2.24, 2.45) is 0 Å². The van der Waals surface area contributed by atoms with E-state index in [-0.39, 0.29) is 17.7 Å². The van der Waals surface area contributed by atoms with Crippen LogP contribution in [0.15, 0.2) is 59.1 Å². The number of ether oxygens (including phenoxy) is 1. The Morgan fingerprint density at radius 2 is 1.90 bits per heavy atom. The highest BCUT2D eigenvalue weighted by Crippen LogP contribution is 2.31. The van der Waals surface area contributed by atoms with Crippen LogP contribution in [-0.2, 0) is 11.2 Å². The third-order valence-electron chi connectivity index (χ3n) is 5.48. The van der Waals surface area contributed by atoms with Crippen LogP contribution in [0.5, 0.6) is 5.75 Å². The van der Waals surface area contributed by atoms with Gasteiger partial charge in [0.1, 0.15) is 5.75 Å². The van der Waals surface area contributed by atoms with Gasteiger partial charge in [-0.05, 0) is 18.1 Å². The van der Waals surface area contributed by atoms with Gasteiger partial charge in [0.2, 0.25) is 11.8 Å². The maximum atomic E-state index is 12.9. The topological polar surface area (TPSA) is 68.5 Å². The van der Waals surface area contributed by atoms with Crippen molar-refractivity contribution in [3.63, 3.8) is 0 Å². The number of carbonyl (C=O) groups excluding carboxylic acids is 1. The fraction of sp³-hybridized carbons (Fsp3) is 0.348. The standard InChI is InChI=1S/C23H25N3O3/c1-3-19(16-9-5-4-6-10-16)23(27)26-14-18(15-26)22-24-21(25-29-22)13-17-11-7-8-12-20(17)28-2/h4-12,18-19H,3,13-15H2,1-2H3/t19-/m0/s1. The Balaban J connectivity index is 1.37. The molecule has 1 aliphatic rings. The molecule has 2 aromatic carbocycles. The van der Waals surface area contributed by atoms with Crippen LogP contribution in [0.3, 0.4) is 0 Å². The van der Waals surface area contributed by atoms with E-state index in [1.165, 1.54) is 0 Å². The summed E-state index contributed by atoms with van der Waals surface area (Å²) in [6.45, 7) is 3.30. The number of amides is 1. The molecule has 2 heterocycles. The lowest BCUT2D eigenvalue weighted by Crippen LogP contribution is -2.50. The highest BCUT2D eigenvalue weighted by Gasteiger charge is 2.38. The molecular formula is C23H25N3O3. The van der Waals surface area contributed by atoms with Crippen molar-refractivity contribution in [1.82, 2.24) is 15.0 Å². The van der Waals surface area contributed by atoms with Crippen LogP contribution in [0, 0.1) is 0 Å². The summed E-state index contributed by atoms with van der Waals surface area (Å²) in [7, 11) is 1.65. The number of likely N-dealkylation sites (tertiary alicyclic amines) is 1. The largest absolute Gasteiger partial charge is 0.496 e. The fourth-order valence-corrected chi connectivity index (χ4v) is 3.80. The van der Waals surface area contributed by atoms with Crippen molar-refractivity contribution < 1.29 is 14.1 Å². The maximum absolute atomic E-state index is 12.9. The first-order valence-electron chi connectivity index (χ1n) is 9.97. The van der Waals surface area contributed by atoms with Crippen LogP contribution >= 0.6 is 0 Å². The third-order valence-corrected chi connectivity index (χ3v) is 5.48. The van der Waals surface area contributed by atoms with E-state index >= 15 is 0 Å². The molecule has 1 saturated heterocycles. The molecule has 1 aromatic heterocycles. The van der Waals surface area contributed by atoms with Gasteiger partial charge in [-0.1, -0.05) is 60.6 Å². The Kier molecular flexibility index (Phi) is 5.60. The van der Waals surface area contributed by atoms with Gasteiger partial charge < -0.3 is 14.2 Å². The minimum absolute atomic E-state index is 0.0964. The van der Waals surface area contributed by atoms with Gasteiger partial charge in [0.05, 0.1) is 18.9 Å². The van der Waals surface area contributed by atoms with E-state index in [4.69, 9.17) is 9.26 Å². The van der Waals surface area contributed by atoms with Gasteiger partial charge in [0.15, 0.2) is 5.82 Å². The van der Waals surface area contributed by atoms with Crippen LogP contribution in [0.1, 0.15) is 48.0 Å². The van der Waals surface area contributed by atoms with Crippen molar-refractivity contribution in [3.8, 4) is 5.75 Å². The van der Waals surface area contributed by atoms with Crippen molar-refractivity contribution >= 4 is 5.91 Å². The van der Waals surface area contributed by atoms with E-state index in [1.807, 2.05) is 59.5 Å². The van der Waals surface area contributed by atoms with E-state index in [0.29, 0.717) is 31.2 Å². The molecular weight excluding hydrogens is 366 g/mol. The summed E-state index contributed by atoms with van der Waals surface area (Å²) in [5, 5.41) is 4.11. The lowest BCUT2D eigenvalue weighted by molar-refractivity contribution is -0.137. The molecule has 1 atom stereocenters. The minimum Gasteiger partial charge on any atom is -0.496 e. The molecule has 0 unspecified atom stereocenters. The number of nitrogens with zero attached hydrogens (tertiary/aromatic N) is 3. The molecule has 0 spiro atoms. The number of benzene rings is 2. The number of rotatable bonds is 7. The van der Waals surface area contributed by atoms with Crippen molar-refractivity contribution in [2.45, 2.75) is 31.6 Å². The van der Waals surface area contributed by atoms with Gasteiger partial charge in [-0.25, -0.2) is 0 Å². The average molecular weight is 391 g/mol. The molecule has 0 aliphatic carbocycles. The van der Waals surface area contributed by atoms with E-state index in [9.17, 15) is 4.79 Å². The molecule has 0 saturated carbocycles. The Morgan fingerprint density at radius 1 is 1.17 bits per heavy atom. The first-order chi connectivity index (χ1) is 14.2. The number of hydrogen-bond acceptors (Lipinski definition) is 5. The first-order valence-corrected chi connectivity index (χ1v) is 9.97. The number of para-hydroxylation sites is 1. The minimum atomic E-state index is -0.0964. The zero-order chi connectivity index (χ0) is 20.2. The molecule has 1 amide bonds. The molecule has 6 heteroatoms. The Bertz CT molecular complexity index is 964. The van der Waals surface area contributed by atoms with Gasteiger partial charge in [0, 0.05) is 25.1 Å². The van der Waals surface area contributed by atoms with E-state index < -0.39 is 0 Å². The summed E-state index contributed by atoms with van der Waals surface area (Å²) in [5.41, 5.74) is 2.08. The molecule has 6 nitrogen and oxygen atoms in total. The molecule has 3 aromatic rings. The zero-order valence-corrected chi connectivity index (χ0v) is 16.7. The van der Waals surface area contributed by atoms with E-state index in [0.717, 1.165) is 23.3 Å². The Labute approximate surface area is 170 Å². The normalized spacial score (nSPS) is 15.0. The van der Waals surface area contributed by atoms with Crippen LogP contribution in [0.2, 0.25) is 0 Å². The van der Waals surface area contributed by atoms with Crippen molar-refractivity contribution in [1.29, 1.82) is 0 Å². The van der Waals surface area contributed by atoms with Crippen LogP contribution in [-0.4, -0.2) is 41.1 Å². The second-order valence-electron chi connectivity index (χ2n) is 7.35. The van der Waals surface area contributed by atoms with Crippen molar-refractivity contribution in [2.75, 3.05) is 20.2 Å². The second kappa shape index (κ2) is 8.47. The highest BCUT2D eigenvalue weighted by molar-refractivity contribution is 5.84. The fourth-order valence-electron chi connectivity index (χ4n) is 3.80. The second-order valence-corrected chi connectivity index (χ2v) is 7.35. The zero-order valence-electron chi connectivity index (χ0n) is 16.7. The SMILES string of the molecule is CC[C@H](C(=O)N1CC(c2nc(Cc3ccccc3OC)no2)C1)c1ccccc1. The predicted octanol–water partition coefficient (Wildman–Crippen LogP) is 3.79. The van der Waals surface area contributed by atoms with Gasteiger partial charge in [-0.15, -0.1) is 0 Å². The summed E-state index contributed by atoms with van der Waals surface area (Å²) in [6.07, 6.45) is 1.34. The first kappa shape index (κ1) is 19.2. The smallest absolute Gasteiger partial charge is 0.233 e. The van der Waals surface area contributed by atoms with Crippen LogP contribution in [0.25, 0.3) is 0 Å². The molecule has 150 valence electrons. The maximum Gasteiger partial charge on any atom is 0.233 e. The summed E-state index contributed by atoms with van der Waals surface area (Å²) in [5.74, 6) is 2.22. The molecule has 1 fully saturated rings. The highest BCUT2D eigenvalue weighted by atomic mass is 16.5. The van der Waals surface area contributed by atoms with Gasteiger partial charge >= 0.3 is 0 Å². The van der Waals surface area contributed by atoms with E-state index in [2.05, 4.69) is 17.1 Å². The summed E-state index contributed by atoms with van der Waals surface area (Å²) < 4.78 is 10.9. The van der Waals surface area contributed by atoms with Crippen LogP contribution < -0.4 is 4.74 Å². The van der Waals surface area contributed by atoms with Gasteiger partial charge in [0.25, 0.3) is 0 Å². The monoisotopic (exact) mass is 391 g/mol. The molecule has 1 aliphatic heterocycles. The number of hydrogen-bond donors (Lipinski definition) is 0. The number of methoxy groups -OCH3 is 1. The molecule has 4 rings (SSSR count).